The third kappa shape index (κ3) is 5.95. The Morgan fingerprint density at radius 1 is 1.32 bits per heavy atom. The number of halogens is 1. The van der Waals surface area contributed by atoms with E-state index in [0.29, 0.717) is 13.1 Å². The van der Waals surface area contributed by atoms with Crippen LogP contribution in [0, 0.1) is 5.92 Å². The second-order valence-corrected chi connectivity index (χ2v) is 6.99. The summed E-state index contributed by atoms with van der Waals surface area (Å²) in [5.74, 6) is 0.285. The largest absolute Gasteiger partial charge is 0.330 e. The predicted molar refractivity (Wildman–Crippen MR) is 81.6 cm³/mol. The quantitative estimate of drug-likeness (QED) is 0.748. The fourth-order valence-electron chi connectivity index (χ4n) is 2.43. The van der Waals surface area contributed by atoms with Crippen LogP contribution in [0.25, 0.3) is 0 Å². The van der Waals surface area contributed by atoms with Gasteiger partial charge in [0, 0.05) is 19.6 Å². The monoisotopic (exact) mass is 313 g/mol. The van der Waals surface area contributed by atoms with Gasteiger partial charge in [0.15, 0.2) is 0 Å². The van der Waals surface area contributed by atoms with Crippen molar-refractivity contribution < 1.29 is 8.42 Å². The first-order valence-corrected chi connectivity index (χ1v) is 8.39. The smallest absolute Gasteiger partial charge is 0.279 e. The number of rotatable bonds is 7. The highest BCUT2D eigenvalue weighted by Gasteiger charge is 2.29. The van der Waals surface area contributed by atoms with Crippen LogP contribution >= 0.6 is 12.4 Å². The standard InChI is InChI=1S/C12H27N3O2S.ClH/c1-3-4-9-15(2)18(16,17)14-12-8-6-5-7-11(12)10-13;/h11-12,14H,3-10,13H2,1-2H3;1H. The maximum absolute atomic E-state index is 12.1. The van der Waals surface area contributed by atoms with E-state index < -0.39 is 10.2 Å². The van der Waals surface area contributed by atoms with Gasteiger partial charge in [-0.05, 0) is 31.7 Å². The molecule has 0 bridgehead atoms. The number of nitrogens with two attached hydrogens (primary N) is 1. The molecule has 1 aliphatic carbocycles. The Kier molecular flexibility index (Phi) is 9.19. The molecule has 0 saturated heterocycles. The average Bonchev–Trinajstić information content (AvgIpc) is 2.36. The first-order valence-electron chi connectivity index (χ1n) is 6.95. The molecule has 1 fully saturated rings. The highest BCUT2D eigenvalue weighted by molar-refractivity contribution is 7.87. The van der Waals surface area contributed by atoms with Crippen LogP contribution in [-0.2, 0) is 10.2 Å². The highest BCUT2D eigenvalue weighted by Crippen LogP contribution is 2.24. The van der Waals surface area contributed by atoms with Gasteiger partial charge in [-0.15, -0.1) is 12.4 Å². The van der Waals surface area contributed by atoms with Crippen molar-refractivity contribution in [3.05, 3.63) is 0 Å². The van der Waals surface area contributed by atoms with E-state index in [1.54, 1.807) is 7.05 Å². The van der Waals surface area contributed by atoms with Crippen LogP contribution in [0.4, 0.5) is 0 Å². The molecule has 0 aromatic rings. The van der Waals surface area contributed by atoms with Crippen LogP contribution in [-0.4, -0.2) is 38.9 Å². The molecule has 0 spiro atoms. The topological polar surface area (TPSA) is 75.4 Å². The van der Waals surface area contributed by atoms with Gasteiger partial charge in [-0.25, -0.2) is 0 Å². The Labute approximate surface area is 123 Å². The molecule has 0 aromatic heterocycles. The predicted octanol–water partition coefficient (Wildman–Crippen LogP) is 1.49. The summed E-state index contributed by atoms with van der Waals surface area (Å²) >= 11 is 0. The first-order chi connectivity index (χ1) is 8.51. The molecule has 0 aliphatic heterocycles. The van der Waals surface area contributed by atoms with Crippen molar-refractivity contribution in [2.45, 2.75) is 51.5 Å². The first kappa shape index (κ1) is 19.1. The van der Waals surface area contributed by atoms with Crippen molar-refractivity contribution in [2.75, 3.05) is 20.1 Å². The highest BCUT2D eigenvalue weighted by atomic mass is 35.5. The molecule has 2 atom stereocenters. The molecule has 1 saturated carbocycles. The second kappa shape index (κ2) is 9.13. The molecule has 2 unspecified atom stereocenters. The lowest BCUT2D eigenvalue weighted by molar-refractivity contribution is 0.290. The molecule has 0 radical (unpaired) electrons. The zero-order valence-corrected chi connectivity index (χ0v) is 13.6. The van der Waals surface area contributed by atoms with Gasteiger partial charge in [0.05, 0.1) is 0 Å². The SMILES string of the molecule is CCCCN(C)S(=O)(=O)NC1CCCCC1CN.Cl. The van der Waals surface area contributed by atoms with Gasteiger partial charge >= 0.3 is 0 Å². The Balaban J connectivity index is 0.00000324. The van der Waals surface area contributed by atoms with Gasteiger partial charge in [0.2, 0.25) is 0 Å². The van der Waals surface area contributed by atoms with Crippen molar-refractivity contribution in [1.82, 2.24) is 9.03 Å². The number of nitrogens with zero attached hydrogens (tertiary/aromatic N) is 1. The van der Waals surface area contributed by atoms with E-state index in [4.69, 9.17) is 5.73 Å². The van der Waals surface area contributed by atoms with Crippen molar-refractivity contribution in [3.8, 4) is 0 Å². The van der Waals surface area contributed by atoms with Gasteiger partial charge in [0.25, 0.3) is 10.2 Å². The molecule has 3 N–H and O–H groups in total. The van der Waals surface area contributed by atoms with Gasteiger partial charge < -0.3 is 5.73 Å². The van der Waals surface area contributed by atoms with E-state index in [1.165, 1.54) is 4.31 Å². The normalized spacial score (nSPS) is 24.2. The lowest BCUT2D eigenvalue weighted by atomic mass is 9.85. The molecular formula is C12H28ClN3O2S. The van der Waals surface area contributed by atoms with Crippen LogP contribution in [0.3, 0.4) is 0 Å². The Bertz CT molecular complexity index is 338. The fraction of sp³-hybridized carbons (Fsp3) is 1.00. The summed E-state index contributed by atoms with van der Waals surface area (Å²) in [6, 6.07) is 0.0119. The molecule has 19 heavy (non-hydrogen) atoms. The van der Waals surface area contributed by atoms with Gasteiger partial charge in [0.1, 0.15) is 0 Å². The van der Waals surface area contributed by atoms with E-state index in [2.05, 4.69) is 11.6 Å². The van der Waals surface area contributed by atoms with E-state index in [1.807, 2.05) is 0 Å². The lowest BCUT2D eigenvalue weighted by Gasteiger charge is -2.32. The molecule has 5 nitrogen and oxygen atoms in total. The maximum atomic E-state index is 12.1. The second-order valence-electron chi connectivity index (χ2n) is 5.18. The van der Waals surface area contributed by atoms with Crippen LogP contribution in [0.1, 0.15) is 45.4 Å². The minimum absolute atomic E-state index is 0. The van der Waals surface area contributed by atoms with Crippen LogP contribution < -0.4 is 10.5 Å². The molecule has 1 aliphatic rings. The van der Waals surface area contributed by atoms with E-state index in [9.17, 15) is 8.42 Å². The molecule has 0 heterocycles. The van der Waals surface area contributed by atoms with Crippen molar-refractivity contribution in [1.29, 1.82) is 0 Å². The van der Waals surface area contributed by atoms with Crippen molar-refractivity contribution in [3.63, 3.8) is 0 Å². The molecule has 0 aromatic carbocycles. The molecule has 116 valence electrons. The number of hydrogen-bond donors (Lipinski definition) is 2. The van der Waals surface area contributed by atoms with E-state index >= 15 is 0 Å². The van der Waals surface area contributed by atoms with E-state index in [0.717, 1.165) is 38.5 Å². The molecular weight excluding hydrogens is 286 g/mol. The minimum atomic E-state index is -3.35. The summed E-state index contributed by atoms with van der Waals surface area (Å²) < 4.78 is 28.5. The van der Waals surface area contributed by atoms with Gasteiger partial charge in [-0.3, -0.25) is 0 Å². The summed E-state index contributed by atoms with van der Waals surface area (Å²) in [5.41, 5.74) is 5.72. The maximum Gasteiger partial charge on any atom is 0.279 e. The number of nitrogens with one attached hydrogen (secondary N) is 1. The Morgan fingerprint density at radius 2 is 1.95 bits per heavy atom. The summed E-state index contributed by atoms with van der Waals surface area (Å²) in [6.07, 6.45) is 6.07. The summed E-state index contributed by atoms with van der Waals surface area (Å²) in [5, 5.41) is 0. The Morgan fingerprint density at radius 3 is 2.53 bits per heavy atom. The summed E-state index contributed by atoms with van der Waals surface area (Å²) in [4.78, 5) is 0. The van der Waals surface area contributed by atoms with Gasteiger partial charge in [-0.1, -0.05) is 26.2 Å². The third-order valence-corrected chi connectivity index (χ3v) is 5.35. The average molecular weight is 314 g/mol. The minimum Gasteiger partial charge on any atom is -0.330 e. The molecule has 7 heteroatoms. The number of hydrogen-bond acceptors (Lipinski definition) is 3. The third-order valence-electron chi connectivity index (χ3n) is 3.75. The fourth-order valence-corrected chi connectivity index (χ4v) is 3.67. The van der Waals surface area contributed by atoms with E-state index in [-0.39, 0.29) is 24.4 Å². The summed E-state index contributed by atoms with van der Waals surface area (Å²) in [7, 11) is -1.71. The zero-order valence-electron chi connectivity index (χ0n) is 12.0. The van der Waals surface area contributed by atoms with Crippen LogP contribution in [0.5, 0.6) is 0 Å². The Hall–Kier alpha value is 0.120. The zero-order chi connectivity index (χ0) is 13.6. The lowest BCUT2D eigenvalue weighted by Crippen LogP contribution is -2.49. The summed E-state index contributed by atoms with van der Waals surface area (Å²) in [6.45, 7) is 3.19. The van der Waals surface area contributed by atoms with Crippen LogP contribution in [0.15, 0.2) is 0 Å². The van der Waals surface area contributed by atoms with Crippen molar-refractivity contribution >= 4 is 22.6 Å². The van der Waals surface area contributed by atoms with Crippen molar-refractivity contribution in [2.24, 2.45) is 11.7 Å². The van der Waals surface area contributed by atoms with Crippen LogP contribution in [0.2, 0.25) is 0 Å². The number of unbranched alkanes of at least 4 members (excludes halogenated alkanes) is 1. The molecule has 1 rings (SSSR count). The van der Waals surface area contributed by atoms with Gasteiger partial charge in [-0.2, -0.15) is 17.4 Å². The molecule has 0 amide bonds.